The number of aromatic carboxylic acids is 1. The van der Waals surface area contributed by atoms with Gasteiger partial charge in [-0.3, -0.25) is 14.2 Å². The van der Waals surface area contributed by atoms with Crippen LogP contribution in [-0.2, 0) is 11.2 Å². The molecule has 2 aliphatic rings. The number of hydrogen-bond acceptors (Lipinski definition) is 5. The molecule has 178 valence electrons. The van der Waals surface area contributed by atoms with Crippen LogP contribution in [0, 0.1) is 13.8 Å². The number of carboxylic acid groups (broad SMARTS) is 1. The highest BCUT2D eigenvalue weighted by atomic mass is 16.4. The molecule has 1 amide bonds. The van der Waals surface area contributed by atoms with Crippen LogP contribution in [0.15, 0.2) is 70.5 Å². The Morgan fingerprint density at radius 1 is 1.03 bits per heavy atom. The third-order valence-electron chi connectivity index (χ3n) is 6.82. The van der Waals surface area contributed by atoms with Crippen molar-refractivity contribution in [2.24, 2.45) is 4.99 Å². The predicted octanol–water partition coefficient (Wildman–Crippen LogP) is 3.65. The number of carbonyl (C=O) groups is 2. The first-order chi connectivity index (χ1) is 17.3. The molecule has 0 spiro atoms. The predicted molar refractivity (Wildman–Crippen MR) is 136 cm³/mol. The second-order valence-electron chi connectivity index (χ2n) is 9.15. The van der Waals surface area contributed by atoms with Crippen LogP contribution in [0.4, 0.5) is 5.69 Å². The molecule has 0 radical (unpaired) electrons. The molecule has 0 bridgehead atoms. The monoisotopic (exact) mass is 478 g/mol. The third-order valence-corrected chi connectivity index (χ3v) is 6.82. The van der Waals surface area contributed by atoms with Crippen LogP contribution in [0.1, 0.15) is 44.6 Å². The van der Waals surface area contributed by atoms with Gasteiger partial charge in [0, 0.05) is 17.7 Å². The molecule has 8 heteroatoms. The maximum absolute atomic E-state index is 14.0. The van der Waals surface area contributed by atoms with Gasteiger partial charge >= 0.3 is 5.97 Å². The molecule has 3 aromatic carbocycles. The van der Waals surface area contributed by atoms with Gasteiger partial charge in [0.25, 0.3) is 11.5 Å². The summed E-state index contributed by atoms with van der Waals surface area (Å²) < 4.78 is 1.32. The number of aryl methyl sites for hydroxylation is 2. The summed E-state index contributed by atoms with van der Waals surface area (Å²) in [6, 6.07) is 18.0. The minimum absolute atomic E-state index is 0.0388. The van der Waals surface area contributed by atoms with E-state index in [0.29, 0.717) is 12.3 Å². The maximum atomic E-state index is 14.0. The van der Waals surface area contributed by atoms with E-state index in [1.165, 1.54) is 22.8 Å². The fraction of sp³-hybridized carbons (Fsp3) is 0.179. The highest BCUT2D eigenvalue weighted by molar-refractivity contribution is 6.20. The van der Waals surface area contributed by atoms with Gasteiger partial charge in [-0.1, -0.05) is 42.0 Å². The molecule has 1 atom stereocenters. The van der Waals surface area contributed by atoms with Gasteiger partial charge in [0.15, 0.2) is 0 Å². The van der Waals surface area contributed by atoms with Gasteiger partial charge in [-0.15, -0.1) is 0 Å². The number of hydrogen-bond donors (Lipinski definition) is 1. The summed E-state index contributed by atoms with van der Waals surface area (Å²) in [6.07, 6.45) is -0.422. The number of carbonyl (C=O) groups excluding carboxylic acids is 1. The van der Waals surface area contributed by atoms with Crippen LogP contribution in [0.5, 0.6) is 0 Å². The van der Waals surface area contributed by atoms with E-state index in [0.717, 1.165) is 34.4 Å². The Hall–Kier alpha value is -4.59. The Kier molecular flexibility index (Phi) is 4.86. The van der Waals surface area contributed by atoms with Crippen LogP contribution in [-0.4, -0.2) is 38.8 Å². The van der Waals surface area contributed by atoms with Gasteiger partial charge in [0.05, 0.1) is 27.9 Å². The van der Waals surface area contributed by atoms with Crippen molar-refractivity contribution >= 4 is 34.2 Å². The molecule has 0 aliphatic carbocycles. The zero-order valence-corrected chi connectivity index (χ0v) is 19.7. The van der Waals surface area contributed by atoms with Crippen molar-refractivity contribution in [3.8, 4) is 0 Å². The molecule has 36 heavy (non-hydrogen) atoms. The lowest BCUT2D eigenvalue weighted by molar-refractivity contribution is -0.121. The zero-order chi connectivity index (χ0) is 25.1. The molecule has 3 heterocycles. The lowest BCUT2D eigenvalue weighted by Crippen LogP contribution is -2.39. The number of carboxylic acids is 1. The van der Waals surface area contributed by atoms with Crippen molar-refractivity contribution in [2.45, 2.75) is 26.4 Å². The number of benzene rings is 3. The standard InChI is InChI=1S/C28H22N4O4/c1-15-12-18-10-11-31-24(18)21(13-15)23(17-6-4-3-5-7-17)30-25(27(31)34)32-16(2)29-22-14-19(28(35)36)8-9-20(22)26(32)33/h3-9,12-14,25H,10-11H2,1-2H3,(H,35,36). The van der Waals surface area contributed by atoms with Gasteiger partial charge in [0.1, 0.15) is 5.82 Å². The molecule has 1 unspecified atom stereocenters. The van der Waals surface area contributed by atoms with E-state index in [-0.39, 0.29) is 28.2 Å². The topological polar surface area (TPSA) is 105 Å². The zero-order valence-electron chi connectivity index (χ0n) is 19.7. The van der Waals surface area contributed by atoms with Gasteiger partial charge in [0.2, 0.25) is 6.17 Å². The minimum Gasteiger partial charge on any atom is -0.478 e. The quantitative estimate of drug-likeness (QED) is 0.484. The van der Waals surface area contributed by atoms with Gasteiger partial charge in [-0.25, -0.2) is 14.8 Å². The summed E-state index contributed by atoms with van der Waals surface area (Å²) in [5.74, 6) is -1.11. The Labute approximate surface area is 206 Å². The number of amides is 1. The fourth-order valence-corrected chi connectivity index (χ4v) is 5.22. The Morgan fingerprint density at radius 2 is 1.81 bits per heavy atom. The molecule has 2 aliphatic heterocycles. The lowest BCUT2D eigenvalue weighted by atomic mass is 9.96. The van der Waals surface area contributed by atoms with E-state index in [1.807, 2.05) is 43.3 Å². The molecule has 6 rings (SSSR count). The van der Waals surface area contributed by atoms with Crippen molar-refractivity contribution < 1.29 is 14.7 Å². The summed E-state index contributed by atoms with van der Waals surface area (Å²) in [4.78, 5) is 50.3. The molecule has 8 nitrogen and oxygen atoms in total. The number of anilines is 1. The van der Waals surface area contributed by atoms with Crippen LogP contribution in [0.2, 0.25) is 0 Å². The second kappa shape index (κ2) is 7.98. The van der Waals surface area contributed by atoms with Crippen molar-refractivity contribution in [1.82, 2.24) is 9.55 Å². The van der Waals surface area contributed by atoms with Crippen LogP contribution < -0.4 is 10.5 Å². The third kappa shape index (κ3) is 3.25. The Bertz CT molecular complexity index is 1690. The summed E-state index contributed by atoms with van der Waals surface area (Å²) in [5.41, 5.74) is 5.25. The molecule has 1 N–H and O–H groups in total. The van der Waals surface area contributed by atoms with Crippen LogP contribution >= 0.6 is 0 Å². The number of aliphatic imine (C=N–C) groups is 1. The van der Waals surface area contributed by atoms with E-state index in [9.17, 15) is 19.5 Å². The smallest absolute Gasteiger partial charge is 0.335 e. The van der Waals surface area contributed by atoms with E-state index in [2.05, 4.69) is 11.1 Å². The van der Waals surface area contributed by atoms with Crippen molar-refractivity contribution in [3.63, 3.8) is 0 Å². The fourth-order valence-electron chi connectivity index (χ4n) is 5.22. The van der Waals surface area contributed by atoms with Crippen LogP contribution in [0.3, 0.4) is 0 Å². The van der Waals surface area contributed by atoms with Gasteiger partial charge in [-0.2, -0.15) is 0 Å². The van der Waals surface area contributed by atoms with Crippen molar-refractivity contribution in [3.05, 3.63) is 105 Å². The lowest BCUT2D eigenvalue weighted by Gasteiger charge is -2.23. The maximum Gasteiger partial charge on any atom is 0.335 e. The summed E-state index contributed by atoms with van der Waals surface area (Å²) in [7, 11) is 0. The highest BCUT2D eigenvalue weighted by Crippen LogP contribution is 2.39. The molecular weight excluding hydrogens is 456 g/mol. The van der Waals surface area contributed by atoms with Crippen LogP contribution in [0.25, 0.3) is 10.9 Å². The summed E-state index contributed by atoms with van der Waals surface area (Å²) >= 11 is 0. The van der Waals surface area contributed by atoms with Crippen molar-refractivity contribution in [2.75, 3.05) is 11.4 Å². The van der Waals surface area contributed by atoms with E-state index >= 15 is 0 Å². The molecule has 0 saturated heterocycles. The van der Waals surface area contributed by atoms with E-state index < -0.39 is 17.7 Å². The normalized spacial score (nSPS) is 16.6. The molecule has 0 saturated carbocycles. The minimum atomic E-state index is -1.15. The molecule has 1 aromatic heterocycles. The first kappa shape index (κ1) is 21.9. The molecule has 0 fully saturated rings. The largest absolute Gasteiger partial charge is 0.478 e. The number of rotatable bonds is 3. The first-order valence-corrected chi connectivity index (χ1v) is 11.7. The van der Waals surface area contributed by atoms with E-state index in [1.54, 1.807) is 11.8 Å². The van der Waals surface area contributed by atoms with Gasteiger partial charge < -0.3 is 10.0 Å². The van der Waals surface area contributed by atoms with Gasteiger partial charge in [-0.05, 0) is 50.1 Å². The number of aromatic nitrogens is 2. The molecular formula is C28H22N4O4. The van der Waals surface area contributed by atoms with E-state index in [4.69, 9.17) is 4.99 Å². The second-order valence-corrected chi connectivity index (χ2v) is 9.15. The number of nitrogens with zero attached hydrogens (tertiary/aromatic N) is 4. The molecule has 4 aromatic rings. The SMILES string of the molecule is Cc1cc2c3c(c1)C(c1ccccc1)=NC(n1c(C)nc4cc(C(=O)O)ccc4c1=O)C(=O)N3CC2. The summed E-state index contributed by atoms with van der Waals surface area (Å²) in [5, 5.41) is 9.56. The number of fused-ring (bicyclic) bond motifs is 1. The average molecular weight is 479 g/mol. The average Bonchev–Trinajstić information content (AvgIpc) is 3.24. The Morgan fingerprint density at radius 3 is 2.56 bits per heavy atom. The Balaban J connectivity index is 1.63. The summed E-state index contributed by atoms with van der Waals surface area (Å²) in [6.45, 7) is 4.17. The highest BCUT2D eigenvalue weighted by Gasteiger charge is 2.38. The van der Waals surface area contributed by atoms with Crippen molar-refractivity contribution in [1.29, 1.82) is 0 Å². The first-order valence-electron chi connectivity index (χ1n) is 11.7.